The summed E-state index contributed by atoms with van der Waals surface area (Å²) >= 11 is 3.35. The van der Waals surface area contributed by atoms with Crippen molar-refractivity contribution in [2.75, 3.05) is 5.73 Å². The third-order valence-corrected chi connectivity index (χ3v) is 3.09. The van der Waals surface area contributed by atoms with E-state index in [1.54, 1.807) is 6.07 Å². The minimum absolute atomic E-state index is 0.183. The van der Waals surface area contributed by atoms with E-state index in [0.717, 1.165) is 10.0 Å². The second kappa shape index (κ2) is 3.09. The van der Waals surface area contributed by atoms with E-state index in [4.69, 9.17) is 5.73 Å². The quantitative estimate of drug-likeness (QED) is 0.701. The zero-order chi connectivity index (χ0) is 10.3. The first kappa shape index (κ1) is 9.21. The van der Waals surface area contributed by atoms with E-state index in [2.05, 4.69) is 25.9 Å². The van der Waals surface area contributed by atoms with Crippen LogP contribution in [-0.4, -0.2) is 9.97 Å². The third kappa shape index (κ3) is 1.21. The molecule has 0 bridgehead atoms. The molecule has 1 aromatic carbocycles. The van der Waals surface area contributed by atoms with Crippen molar-refractivity contribution in [3.05, 3.63) is 32.8 Å². The number of benzene rings is 1. The third-order valence-electron chi connectivity index (χ3n) is 2.06. The van der Waals surface area contributed by atoms with Crippen molar-refractivity contribution in [2.24, 2.45) is 0 Å². The molecule has 2 rings (SSSR count). The molecule has 3 N–H and O–H groups in total. The fourth-order valence-corrected chi connectivity index (χ4v) is 1.87. The Balaban J connectivity index is 3.11. The number of nitrogens with zero attached hydrogens (tertiary/aromatic N) is 1. The lowest BCUT2D eigenvalue weighted by Gasteiger charge is -2.05. The molecule has 5 heteroatoms. The summed E-state index contributed by atoms with van der Waals surface area (Å²) in [6.07, 6.45) is 1.35. The van der Waals surface area contributed by atoms with Crippen LogP contribution in [-0.2, 0) is 0 Å². The van der Waals surface area contributed by atoms with Crippen molar-refractivity contribution in [1.29, 1.82) is 0 Å². The van der Waals surface area contributed by atoms with Crippen LogP contribution in [0.4, 0.5) is 5.69 Å². The topological polar surface area (TPSA) is 71.8 Å². The summed E-state index contributed by atoms with van der Waals surface area (Å²) in [5, 5.41) is 0.505. The van der Waals surface area contributed by atoms with E-state index >= 15 is 0 Å². The zero-order valence-electron chi connectivity index (χ0n) is 7.47. The first-order valence-corrected chi connectivity index (χ1v) is 4.82. The maximum atomic E-state index is 11.5. The minimum Gasteiger partial charge on any atom is -0.397 e. The summed E-state index contributed by atoms with van der Waals surface area (Å²) in [6, 6.07) is 1.79. The van der Waals surface area contributed by atoms with Gasteiger partial charge in [-0.15, -0.1) is 0 Å². The van der Waals surface area contributed by atoms with Gasteiger partial charge in [0.1, 0.15) is 5.52 Å². The minimum atomic E-state index is -0.183. The van der Waals surface area contributed by atoms with Crippen molar-refractivity contribution < 1.29 is 0 Å². The number of aromatic nitrogens is 2. The predicted molar refractivity (Wildman–Crippen MR) is 59.2 cm³/mol. The number of aryl methyl sites for hydroxylation is 1. The van der Waals surface area contributed by atoms with Gasteiger partial charge in [0.2, 0.25) is 0 Å². The van der Waals surface area contributed by atoms with Crippen molar-refractivity contribution in [3.63, 3.8) is 0 Å². The summed E-state index contributed by atoms with van der Waals surface area (Å²) in [5.74, 6) is 0. The highest BCUT2D eigenvalue weighted by Gasteiger charge is 2.09. The normalized spacial score (nSPS) is 10.7. The summed E-state index contributed by atoms with van der Waals surface area (Å²) in [5.41, 5.74) is 7.55. The van der Waals surface area contributed by atoms with Crippen LogP contribution in [0.15, 0.2) is 21.7 Å². The highest BCUT2D eigenvalue weighted by Crippen LogP contribution is 2.27. The van der Waals surface area contributed by atoms with E-state index in [1.165, 1.54) is 6.33 Å². The lowest BCUT2D eigenvalue weighted by Crippen LogP contribution is -2.09. The molecule has 2 aromatic rings. The average molecular weight is 254 g/mol. The Morgan fingerprint density at radius 1 is 1.57 bits per heavy atom. The number of aromatic amines is 1. The Kier molecular flexibility index (Phi) is 2.03. The van der Waals surface area contributed by atoms with Crippen LogP contribution < -0.4 is 11.3 Å². The second-order valence-electron chi connectivity index (χ2n) is 3.05. The molecule has 0 saturated heterocycles. The average Bonchev–Trinajstić information content (AvgIpc) is 2.14. The Morgan fingerprint density at radius 2 is 2.29 bits per heavy atom. The van der Waals surface area contributed by atoms with E-state index in [9.17, 15) is 4.79 Å². The van der Waals surface area contributed by atoms with Crippen LogP contribution in [0.25, 0.3) is 10.9 Å². The first-order chi connectivity index (χ1) is 6.61. The molecule has 0 atom stereocenters. The highest BCUT2D eigenvalue weighted by atomic mass is 79.9. The second-order valence-corrected chi connectivity index (χ2v) is 3.84. The number of nitrogens with two attached hydrogens (primary N) is 1. The Hall–Kier alpha value is -1.36. The Labute approximate surface area is 88.3 Å². The van der Waals surface area contributed by atoms with Crippen molar-refractivity contribution in [1.82, 2.24) is 9.97 Å². The molecule has 72 valence electrons. The molecule has 0 unspecified atom stereocenters. The van der Waals surface area contributed by atoms with Crippen molar-refractivity contribution in [2.45, 2.75) is 6.92 Å². The Morgan fingerprint density at radius 3 is 3.00 bits per heavy atom. The van der Waals surface area contributed by atoms with E-state index in [-0.39, 0.29) is 5.56 Å². The standard InChI is InChI=1S/C9H8BrN3O/c1-4-2-5(11)8-6(7(4)10)9(14)13-3-12-8/h2-3H,11H2,1H3,(H,12,13,14). The van der Waals surface area contributed by atoms with Gasteiger partial charge in [-0.3, -0.25) is 4.79 Å². The van der Waals surface area contributed by atoms with Gasteiger partial charge in [0.05, 0.1) is 17.4 Å². The molecule has 0 amide bonds. The summed E-state index contributed by atoms with van der Waals surface area (Å²) in [7, 11) is 0. The maximum absolute atomic E-state index is 11.5. The maximum Gasteiger partial charge on any atom is 0.259 e. The number of H-pyrrole nitrogens is 1. The zero-order valence-corrected chi connectivity index (χ0v) is 9.05. The summed E-state index contributed by atoms with van der Waals surface area (Å²) < 4.78 is 0.746. The van der Waals surface area contributed by atoms with Crippen LogP contribution in [0.1, 0.15) is 5.56 Å². The number of nitrogen functional groups attached to an aromatic ring is 1. The number of nitrogens with one attached hydrogen (secondary N) is 1. The molecule has 0 aliphatic heterocycles. The molecule has 0 fully saturated rings. The van der Waals surface area contributed by atoms with E-state index < -0.39 is 0 Å². The molecular formula is C9H8BrN3O. The molecule has 1 aromatic heterocycles. The van der Waals surface area contributed by atoms with Crippen LogP contribution in [0, 0.1) is 6.92 Å². The van der Waals surface area contributed by atoms with Gasteiger partial charge in [0.25, 0.3) is 5.56 Å². The molecule has 0 spiro atoms. The van der Waals surface area contributed by atoms with Gasteiger partial charge in [-0.2, -0.15) is 0 Å². The molecule has 1 heterocycles. The number of hydrogen-bond acceptors (Lipinski definition) is 3. The fourth-order valence-electron chi connectivity index (χ4n) is 1.38. The van der Waals surface area contributed by atoms with Crippen LogP contribution in [0.3, 0.4) is 0 Å². The predicted octanol–water partition coefficient (Wildman–Crippen LogP) is 1.58. The lowest BCUT2D eigenvalue weighted by atomic mass is 10.1. The molecule has 0 radical (unpaired) electrons. The van der Waals surface area contributed by atoms with Gasteiger partial charge in [0, 0.05) is 4.47 Å². The summed E-state index contributed by atoms with van der Waals surface area (Å²) in [4.78, 5) is 18.1. The number of rotatable bonds is 0. The van der Waals surface area contributed by atoms with Gasteiger partial charge < -0.3 is 10.7 Å². The molecule has 14 heavy (non-hydrogen) atoms. The molecule has 0 aliphatic carbocycles. The number of halogens is 1. The van der Waals surface area contributed by atoms with Crippen molar-refractivity contribution >= 4 is 32.5 Å². The fraction of sp³-hybridized carbons (Fsp3) is 0.111. The number of hydrogen-bond donors (Lipinski definition) is 2. The van der Waals surface area contributed by atoms with Gasteiger partial charge >= 0.3 is 0 Å². The SMILES string of the molecule is Cc1cc(N)c2nc[nH]c(=O)c2c1Br. The number of anilines is 1. The molecule has 4 nitrogen and oxygen atoms in total. The molecule has 0 aliphatic rings. The molecular weight excluding hydrogens is 246 g/mol. The largest absolute Gasteiger partial charge is 0.397 e. The van der Waals surface area contributed by atoms with Gasteiger partial charge in [-0.1, -0.05) is 0 Å². The van der Waals surface area contributed by atoms with E-state index in [1.807, 2.05) is 6.92 Å². The Bertz CT molecular complexity index is 562. The monoisotopic (exact) mass is 253 g/mol. The van der Waals surface area contributed by atoms with Gasteiger partial charge in [-0.05, 0) is 34.5 Å². The first-order valence-electron chi connectivity index (χ1n) is 4.03. The van der Waals surface area contributed by atoms with Crippen LogP contribution in [0.2, 0.25) is 0 Å². The number of fused-ring (bicyclic) bond motifs is 1. The molecule has 0 saturated carbocycles. The van der Waals surface area contributed by atoms with Crippen LogP contribution in [0.5, 0.6) is 0 Å². The smallest absolute Gasteiger partial charge is 0.259 e. The van der Waals surface area contributed by atoms with E-state index in [0.29, 0.717) is 16.6 Å². The van der Waals surface area contributed by atoms with Crippen molar-refractivity contribution in [3.8, 4) is 0 Å². The lowest BCUT2D eigenvalue weighted by molar-refractivity contribution is 1.17. The van der Waals surface area contributed by atoms with Crippen LogP contribution >= 0.6 is 15.9 Å². The highest BCUT2D eigenvalue weighted by molar-refractivity contribution is 9.10. The van der Waals surface area contributed by atoms with Gasteiger partial charge in [-0.25, -0.2) is 4.98 Å². The van der Waals surface area contributed by atoms with Gasteiger partial charge in [0.15, 0.2) is 0 Å². The summed E-state index contributed by atoms with van der Waals surface area (Å²) in [6.45, 7) is 1.88.